The van der Waals surface area contributed by atoms with Gasteiger partial charge in [0, 0.05) is 5.39 Å². The Bertz CT molecular complexity index is 1820. The van der Waals surface area contributed by atoms with Gasteiger partial charge in [0.05, 0.1) is 26.9 Å². The lowest BCUT2D eigenvalue weighted by Crippen LogP contribution is -2.05. The number of phenolic OH excluding ortho intramolecular Hbond substituents is 1. The van der Waals surface area contributed by atoms with Crippen LogP contribution in [0.15, 0.2) is 97.0 Å². The first-order chi connectivity index (χ1) is 17.3. The quantitative estimate of drug-likeness (QED) is 0.237. The molecule has 0 fully saturated rings. The molecule has 0 amide bonds. The van der Waals surface area contributed by atoms with Gasteiger partial charge in [-0.05, 0) is 72.8 Å². The van der Waals surface area contributed by atoms with E-state index >= 15 is 0 Å². The fourth-order valence-corrected chi connectivity index (χ4v) is 4.86. The number of azo groups is 2. The van der Waals surface area contributed by atoms with Crippen molar-refractivity contribution < 1.29 is 31.0 Å². The third-order valence-corrected chi connectivity index (χ3v) is 7.06. The van der Waals surface area contributed by atoms with Gasteiger partial charge in [-0.1, -0.05) is 24.3 Å². The van der Waals surface area contributed by atoms with E-state index in [1.54, 1.807) is 25.1 Å². The molecule has 0 radical (unpaired) electrons. The Morgan fingerprint density at radius 3 is 2.03 bits per heavy atom. The molecule has 37 heavy (non-hydrogen) atoms. The molecular weight excluding hydrogens is 520 g/mol. The summed E-state index contributed by atoms with van der Waals surface area (Å²) in [5, 5.41) is 26.4. The predicted octanol–water partition coefficient (Wildman–Crippen LogP) is 5.80. The second-order valence-corrected chi connectivity index (χ2v) is 10.7. The minimum atomic E-state index is -5.27. The molecule has 0 aliphatic rings. The molecule has 0 aliphatic heterocycles. The summed E-state index contributed by atoms with van der Waals surface area (Å²) in [6.07, 6.45) is 0. The fraction of sp³-hybridized carbons (Fsp3) is 0.0833. The summed E-state index contributed by atoms with van der Waals surface area (Å²) in [7, 11) is -10.3. The molecule has 0 atom stereocenters. The van der Waals surface area contributed by atoms with Crippen molar-refractivity contribution >= 4 is 53.8 Å². The van der Waals surface area contributed by atoms with Gasteiger partial charge in [0.1, 0.15) is 31.7 Å². The minimum absolute atomic E-state index is 0.109. The lowest BCUT2D eigenvalue weighted by atomic mass is 10.1. The maximum absolute atomic E-state index is 11.9. The first-order valence-corrected chi connectivity index (χ1v) is 13.4. The molecule has 0 spiro atoms. The maximum atomic E-state index is 11.9. The van der Waals surface area contributed by atoms with E-state index in [9.17, 15) is 31.0 Å². The Kier molecular flexibility index (Phi) is 6.88. The molecule has 0 unspecified atom stereocenters. The van der Waals surface area contributed by atoms with Gasteiger partial charge in [-0.3, -0.25) is 0 Å². The molecule has 13 heteroatoms. The van der Waals surface area contributed by atoms with E-state index in [0.29, 0.717) is 28.7 Å². The lowest BCUT2D eigenvalue weighted by Gasteiger charge is -2.16. The lowest BCUT2D eigenvalue weighted by molar-refractivity contribution is 0.462. The molecule has 0 bridgehead atoms. The molecular formula is C24H18N4O7S2-2. The first kappa shape index (κ1) is 26.0. The molecule has 4 rings (SSSR count). The van der Waals surface area contributed by atoms with Crippen LogP contribution in [-0.2, 0) is 20.2 Å². The van der Waals surface area contributed by atoms with Crippen molar-refractivity contribution in [3.8, 4) is 5.75 Å². The number of benzene rings is 4. The summed E-state index contributed by atoms with van der Waals surface area (Å²) in [5.41, 5.74) is 2.80. The molecule has 0 heterocycles. The molecule has 0 aliphatic carbocycles. The summed E-state index contributed by atoms with van der Waals surface area (Å²) < 4.78 is 70.2. The third kappa shape index (κ3) is 5.70. The number of hydrogen-bond acceptors (Lipinski definition) is 11. The highest BCUT2D eigenvalue weighted by Crippen LogP contribution is 2.41. The average Bonchev–Trinajstić information content (AvgIpc) is 2.82. The number of fused-ring (bicyclic) bond motifs is 1. The number of aromatic hydroxyl groups is 1. The zero-order valence-electron chi connectivity index (χ0n) is 19.4. The van der Waals surface area contributed by atoms with E-state index < -0.39 is 35.8 Å². The van der Waals surface area contributed by atoms with Crippen LogP contribution in [0.3, 0.4) is 0 Å². The highest BCUT2D eigenvalue weighted by molar-refractivity contribution is 7.86. The van der Waals surface area contributed by atoms with Crippen LogP contribution in [0.4, 0.5) is 22.7 Å². The van der Waals surface area contributed by atoms with Gasteiger partial charge in [0.15, 0.2) is 0 Å². The van der Waals surface area contributed by atoms with Crippen LogP contribution < -0.4 is 0 Å². The Morgan fingerprint density at radius 2 is 1.38 bits per heavy atom. The predicted molar refractivity (Wildman–Crippen MR) is 132 cm³/mol. The van der Waals surface area contributed by atoms with E-state index in [0.717, 1.165) is 23.8 Å². The normalized spacial score (nSPS) is 12.6. The Morgan fingerprint density at radius 1 is 0.703 bits per heavy atom. The zero-order valence-corrected chi connectivity index (χ0v) is 21.0. The zero-order chi connectivity index (χ0) is 27.0. The second-order valence-electron chi connectivity index (χ2n) is 8.02. The van der Waals surface area contributed by atoms with Gasteiger partial charge in [0.25, 0.3) is 0 Å². The SMILES string of the molecule is Cc1ccccc1N=Nc1ccc(N=Nc2c(O)ccc3cc(S(=O)(=O)[O-])cc(S(=O)(=O)[O-])c23)c(C)c1. The van der Waals surface area contributed by atoms with E-state index in [1.807, 2.05) is 31.2 Å². The minimum Gasteiger partial charge on any atom is -0.744 e. The van der Waals surface area contributed by atoms with Gasteiger partial charge in [0.2, 0.25) is 0 Å². The molecule has 0 saturated carbocycles. The van der Waals surface area contributed by atoms with Crippen LogP contribution in [-0.4, -0.2) is 31.0 Å². The van der Waals surface area contributed by atoms with Gasteiger partial charge in [-0.15, -0.1) is 5.11 Å². The van der Waals surface area contributed by atoms with E-state index in [2.05, 4.69) is 20.5 Å². The largest absolute Gasteiger partial charge is 0.744 e. The number of hydrogen-bond donors (Lipinski definition) is 1. The van der Waals surface area contributed by atoms with Crippen LogP contribution >= 0.6 is 0 Å². The Balaban J connectivity index is 1.77. The summed E-state index contributed by atoms with van der Waals surface area (Å²) in [6, 6.07) is 16.0. The van der Waals surface area contributed by atoms with Crippen LogP contribution in [0.1, 0.15) is 11.1 Å². The third-order valence-electron chi connectivity index (χ3n) is 5.39. The highest BCUT2D eigenvalue weighted by atomic mass is 32.2. The summed E-state index contributed by atoms with van der Waals surface area (Å²) in [5.74, 6) is -0.514. The van der Waals surface area contributed by atoms with Crippen molar-refractivity contribution in [2.75, 3.05) is 0 Å². The standard InChI is InChI=1S/C24H20N4O7S2/c1-14-5-3-4-6-19(14)26-25-17-8-9-20(15(2)11-17)27-28-24-21(29)10-7-16-12-18(36(30,31)32)13-22(23(16)24)37(33,34)35/h3-13,29H,1-2H3,(H,30,31,32)(H,33,34,35)/p-2. The van der Waals surface area contributed by atoms with Crippen LogP contribution in [0, 0.1) is 13.8 Å². The van der Waals surface area contributed by atoms with Gasteiger partial charge in [-0.2, -0.15) is 15.3 Å². The second kappa shape index (κ2) is 9.78. The molecule has 11 nitrogen and oxygen atoms in total. The average molecular weight is 539 g/mol. The van der Waals surface area contributed by atoms with Crippen LogP contribution in [0.2, 0.25) is 0 Å². The van der Waals surface area contributed by atoms with Gasteiger partial charge >= 0.3 is 0 Å². The number of phenols is 1. The van der Waals surface area contributed by atoms with Crippen LogP contribution in [0.5, 0.6) is 5.75 Å². The number of rotatable bonds is 6. The van der Waals surface area contributed by atoms with E-state index in [1.165, 1.54) is 0 Å². The van der Waals surface area contributed by atoms with Crippen LogP contribution in [0.25, 0.3) is 10.8 Å². The maximum Gasteiger partial charge on any atom is 0.143 e. The first-order valence-electron chi connectivity index (χ1n) is 10.6. The van der Waals surface area contributed by atoms with Crippen molar-refractivity contribution in [2.45, 2.75) is 23.6 Å². The molecule has 4 aromatic carbocycles. The van der Waals surface area contributed by atoms with Gasteiger partial charge < -0.3 is 14.2 Å². The molecule has 1 N–H and O–H groups in total. The molecule has 4 aromatic rings. The number of aryl methyl sites for hydroxylation is 2. The number of nitrogens with zero attached hydrogens (tertiary/aromatic N) is 4. The van der Waals surface area contributed by atoms with Crippen molar-refractivity contribution in [3.63, 3.8) is 0 Å². The van der Waals surface area contributed by atoms with E-state index in [4.69, 9.17) is 0 Å². The van der Waals surface area contributed by atoms with Gasteiger partial charge in [-0.25, -0.2) is 16.8 Å². The molecule has 0 aromatic heterocycles. The topological polar surface area (TPSA) is 184 Å². The summed E-state index contributed by atoms with van der Waals surface area (Å²) in [6.45, 7) is 3.64. The highest BCUT2D eigenvalue weighted by Gasteiger charge is 2.18. The smallest absolute Gasteiger partial charge is 0.143 e. The fourth-order valence-electron chi connectivity index (χ4n) is 3.52. The summed E-state index contributed by atoms with van der Waals surface area (Å²) in [4.78, 5) is -1.93. The van der Waals surface area contributed by atoms with Crippen molar-refractivity contribution in [1.29, 1.82) is 0 Å². The Hall–Kier alpha value is -4.04. The molecule has 190 valence electrons. The Labute approximate surface area is 212 Å². The summed E-state index contributed by atoms with van der Waals surface area (Å²) >= 11 is 0. The van der Waals surface area contributed by atoms with Crippen molar-refractivity contribution in [2.24, 2.45) is 20.5 Å². The van der Waals surface area contributed by atoms with E-state index in [-0.39, 0.29) is 16.5 Å². The van der Waals surface area contributed by atoms with Crippen molar-refractivity contribution in [3.05, 3.63) is 77.9 Å². The monoisotopic (exact) mass is 538 g/mol. The molecule has 0 saturated heterocycles. The van der Waals surface area contributed by atoms with Crippen molar-refractivity contribution in [1.82, 2.24) is 0 Å².